The van der Waals surface area contributed by atoms with E-state index in [0.29, 0.717) is 24.5 Å². The number of nitrogens with two attached hydrogens (primary N) is 1. The predicted octanol–water partition coefficient (Wildman–Crippen LogP) is 1.64. The fraction of sp³-hybridized carbons (Fsp3) is 0.933. The number of hydrogen-bond acceptors (Lipinski definition) is 3. The van der Waals surface area contributed by atoms with Crippen molar-refractivity contribution < 1.29 is 4.79 Å². The lowest BCUT2D eigenvalue weighted by Crippen LogP contribution is -2.56. The zero-order valence-corrected chi connectivity index (χ0v) is 12.6. The number of hydrogen-bond donors (Lipinski definition) is 2. The standard InChI is InChI=1S/C15H29N3O/c1-15(2,3)17-14(19)7-8-18-12-5-4-6-13(18)10-11(16)9-12/h11-13H,4-10,16H2,1-3H3,(H,17,19). The molecule has 4 nitrogen and oxygen atoms in total. The maximum absolute atomic E-state index is 11.9. The molecule has 2 aliphatic heterocycles. The molecular weight excluding hydrogens is 238 g/mol. The summed E-state index contributed by atoms with van der Waals surface area (Å²) in [5, 5.41) is 3.04. The molecule has 2 bridgehead atoms. The Kier molecular flexibility index (Phi) is 4.51. The van der Waals surface area contributed by atoms with Crippen LogP contribution in [0.25, 0.3) is 0 Å². The number of nitrogens with zero attached hydrogens (tertiary/aromatic N) is 1. The lowest BCUT2D eigenvalue weighted by atomic mass is 9.82. The molecule has 2 saturated heterocycles. The van der Waals surface area contributed by atoms with Gasteiger partial charge >= 0.3 is 0 Å². The highest BCUT2D eigenvalue weighted by atomic mass is 16.1. The molecule has 2 fully saturated rings. The normalized spacial score (nSPS) is 32.1. The third-order valence-electron chi connectivity index (χ3n) is 4.27. The highest BCUT2D eigenvalue weighted by Gasteiger charge is 2.36. The van der Waals surface area contributed by atoms with Gasteiger partial charge in [-0.1, -0.05) is 6.42 Å². The zero-order valence-electron chi connectivity index (χ0n) is 12.6. The Morgan fingerprint density at radius 3 is 2.37 bits per heavy atom. The van der Waals surface area contributed by atoms with Crippen LogP contribution in [0.3, 0.4) is 0 Å². The first-order chi connectivity index (χ1) is 8.85. The van der Waals surface area contributed by atoms with Gasteiger partial charge in [-0.3, -0.25) is 9.69 Å². The fourth-order valence-electron chi connectivity index (χ4n) is 3.60. The molecule has 2 unspecified atom stereocenters. The number of rotatable bonds is 3. The molecule has 2 aliphatic rings. The van der Waals surface area contributed by atoms with Crippen molar-refractivity contribution in [1.82, 2.24) is 10.2 Å². The largest absolute Gasteiger partial charge is 0.351 e. The van der Waals surface area contributed by atoms with Crippen molar-refractivity contribution in [1.29, 1.82) is 0 Å². The quantitative estimate of drug-likeness (QED) is 0.817. The van der Waals surface area contributed by atoms with Gasteiger partial charge in [-0.2, -0.15) is 0 Å². The Bertz CT molecular complexity index is 310. The SMILES string of the molecule is CC(C)(C)NC(=O)CCN1C2CCCC1CC(N)C2. The van der Waals surface area contributed by atoms with Crippen LogP contribution in [-0.4, -0.2) is 41.0 Å². The van der Waals surface area contributed by atoms with E-state index < -0.39 is 0 Å². The van der Waals surface area contributed by atoms with Crippen LogP contribution in [0.15, 0.2) is 0 Å². The Labute approximate surface area is 117 Å². The maximum atomic E-state index is 11.9. The van der Waals surface area contributed by atoms with Crippen LogP contribution < -0.4 is 11.1 Å². The molecule has 3 N–H and O–H groups in total. The molecule has 0 saturated carbocycles. The van der Waals surface area contributed by atoms with Gasteiger partial charge in [0.15, 0.2) is 0 Å². The molecule has 0 aromatic carbocycles. The molecule has 0 aliphatic carbocycles. The van der Waals surface area contributed by atoms with E-state index in [1.165, 1.54) is 19.3 Å². The van der Waals surface area contributed by atoms with Gasteiger partial charge in [0.1, 0.15) is 0 Å². The van der Waals surface area contributed by atoms with E-state index >= 15 is 0 Å². The van der Waals surface area contributed by atoms with E-state index in [0.717, 1.165) is 19.4 Å². The summed E-state index contributed by atoms with van der Waals surface area (Å²) in [5.74, 6) is 0.167. The molecule has 0 spiro atoms. The van der Waals surface area contributed by atoms with Crippen LogP contribution in [0.2, 0.25) is 0 Å². The Balaban J connectivity index is 1.84. The Hall–Kier alpha value is -0.610. The van der Waals surface area contributed by atoms with Crippen LogP contribution >= 0.6 is 0 Å². The smallest absolute Gasteiger partial charge is 0.221 e. The lowest BCUT2D eigenvalue weighted by molar-refractivity contribution is -0.123. The first kappa shape index (κ1) is 14.8. The summed E-state index contributed by atoms with van der Waals surface area (Å²) in [5.41, 5.74) is 5.99. The summed E-state index contributed by atoms with van der Waals surface area (Å²) in [6.45, 7) is 6.97. The second kappa shape index (κ2) is 5.80. The second-order valence-corrected chi connectivity index (χ2v) is 7.26. The summed E-state index contributed by atoms with van der Waals surface area (Å²) in [6, 6.07) is 1.60. The Morgan fingerprint density at radius 1 is 1.26 bits per heavy atom. The number of carbonyl (C=O) groups excluding carboxylic acids is 1. The second-order valence-electron chi connectivity index (χ2n) is 7.26. The number of piperidine rings is 2. The maximum Gasteiger partial charge on any atom is 0.221 e. The third-order valence-corrected chi connectivity index (χ3v) is 4.27. The number of fused-ring (bicyclic) bond motifs is 2. The van der Waals surface area contributed by atoms with E-state index in [1.54, 1.807) is 0 Å². The molecule has 19 heavy (non-hydrogen) atoms. The molecule has 1 amide bonds. The monoisotopic (exact) mass is 267 g/mol. The number of amides is 1. The topological polar surface area (TPSA) is 58.4 Å². The zero-order chi connectivity index (χ0) is 14.0. The fourth-order valence-corrected chi connectivity index (χ4v) is 3.60. The van der Waals surface area contributed by atoms with Crippen LogP contribution in [0, 0.1) is 0 Å². The predicted molar refractivity (Wildman–Crippen MR) is 77.9 cm³/mol. The molecule has 4 heteroatoms. The van der Waals surface area contributed by atoms with Gasteiger partial charge in [-0.25, -0.2) is 0 Å². The highest BCUT2D eigenvalue weighted by Crippen LogP contribution is 2.33. The van der Waals surface area contributed by atoms with Gasteiger partial charge in [0.2, 0.25) is 5.91 Å². The Morgan fingerprint density at radius 2 is 1.84 bits per heavy atom. The van der Waals surface area contributed by atoms with Gasteiger partial charge in [0.25, 0.3) is 0 Å². The van der Waals surface area contributed by atoms with E-state index in [1.807, 2.05) is 20.8 Å². The minimum absolute atomic E-state index is 0.128. The van der Waals surface area contributed by atoms with Gasteiger partial charge in [0.05, 0.1) is 0 Å². The molecular formula is C15H29N3O. The summed E-state index contributed by atoms with van der Waals surface area (Å²) in [6.07, 6.45) is 6.66. The van der Waals surface area contributed by atoms with E-state index in [4.69, 9.17) is 5.73 Å². The van der Waals surface area contributed by atoms with Gasteiger partial charge in [-0.05, 0) is 46.5 Å². The minimum Gasteiger partial charge on any atom is -0.351 e. The van der Waals surface area contributed by atoms with Crippen LogP contribution in [-0.2, 0) is 4.79 Å². The molecule has 0 aromatic heterocycles. The summed E-state index contributed by atoms with van der Waals surface area (Å²) in [7, 11) is 0. The summed E-state index contributed by atoms with van der Waals surface area (Å²) >= 11 is 0. The van der Waals surface area contributed by atoms with E-state index in [-0.39, 0.29) is 11.4 Å². The van der Waals surface area contributed by atoms with Crippen molar-refractivity contribution in [2.45, 2.75) is 83.0 Å². The average Bonchev–Trinajstić information content (AvgIpc) is 2.23. The molecule has 2 rings (SSSR count). The van der Waals surface area contributed by atoms with Crippen molar-refractivity contribution >= 4 is 5.91 Å². The first-order valence-electron chi connectivity index (χ1n) is 7.67. The molecule has 2 atom stereocenters. The van der Waals surface area contributed by atoms with E-state index in [9.17, 15) is 4.79 Å². The molecule has 110 valence electrons. The number of carbonyl (C=O) groups is 1. The van der Waals surface area contributed by atoms with Crippen molar-refractivity contribution in [3.8, 4) is 0 Å². The van der Waals surface area contributed by atoms with Crippen LogP contribution in [0.1, 0.15) is 59.3 Å². The summed E-state index contributed by atoms with van der Waals surface area (Å²) in [4.78, 5) is 14.5. The molecule has 2 heterocycles. The van der Waals surface area contributed by atoms with Gasteiger partial charge in [0, 0.05) is 36.6 Å². The lowest BCUT2D eigenvalue weighted by Gasteiger charge is -2.48. The van der Waals surface area contributed by atoms with Crippen molar-refractivity contribution in [3.05, 3.63) is 0 Å². The molecule has 0 aromatic rings. The first-order valence-corrected chi connectivity index (χ1v) is 7.67. The minimum atomic E-state index is -0.128. The van der Waals surface area contributed by atoms with E-state index in [2.05, 4.69) is 10.2 Å². The highest BCUT2D eigenvalue weighted by molar-refractivity contribution is 5.76. The molecule has 0 radical (unpaired) electrons. The third kappa shape index (κ3) is 4.18. The van der Waals surface area contributed by atoms with Crippen LogP contribution in [0.4, 0.5) is 0 Å². The van der Waals surface area contributed by atoms with Crippen molar-refractivity contribution in [3.63, 3.8) is 0 Å². The van der Waals surface area contributed by atoms with Crippen molar-refractivity contribution in [2.24, 2.45) is 5.73 Å². The van der Waals surface area contributed by atoms with Crippen molar-refractivity contribution in [2.75, 3.05) is 6.54 Å². The van der Waals surface area contributed by atoms with Gasteiger partial charge < -0.3 is 11.1 Å². The average molecular weight is 267 g/mol. The summed E-state index contributed by atoms with van der Waals surface area (Å²) < 4.78 is 0. The van der Waals surface area contributed by atoms with Crippen LogP contribution in [0.5, 0.6) is 0 Å². The number of nitrogens with one attached hydrogen (secondary N) is 1. The van der Waals surface area contributed by atoms with Gasteiger partial charge in [-0.15, -0.1) is 0 Å².